The van der Waals surface area contributed by atoms with Crippen LogP contribution in [-0.2, 0) is 0 Å². The number of benzene rings is 1. The smallest absolute Gasteiger partial charge is 0.200 e. The molecule has 0 fully saturated rings. The van der Waals surface area contributed by atoms with Crippen LogP contribution in [0.5, 0.6) is 0 Å². The molecule has 0 saturated carbocycles. The zero-order valence-corrected chi connectivity index (χ0v) is 33.5. The van der Waals surface area contributed by atoms with Gasteiger partial charge in [-0.25, -0.2) is 0 Å². The second-order valence-electron chi connectivity index (χ2n) is 15.1. The molecular formula is C46H68O2S. The molecule has 0 saturated heterocycles. The van der Waals surface area contributed by atoms with Gasteiger partial charge in [0.25, 0.3) is 0 Å². The molecule has 270 valence electrons. The maximum Gasteiger partial charge on any atom is 0.200 e. The van der Waals surface area contributed by atoms with Gasteiger partial charge in [0.05, 0.1) is 4.91 Å². The molecule has 0 aromatic heterocycles. The number of hydrogen-bond acceptors (Lipinski definition) is 3. The Labute approximate surface area is 305 Å². The summed E-state index contributed by atoms with van der Waals surface area (Å²) in [5.41, 5.74) is 8.97. The Kier molecular flexibility index (Phi) is 20.6. The Morgan fingerprint density at radius 1 is 0.592 bits per heavy atom. The van der Waals surface area contributed by atoms with Gasteiger partial charge in [-0.1, -0.05) is 129 Å². The van der Waals surface area contributed by atoms with Crippen LogP contribution in [-0.4, -0.2) is 17.8 Å². The molecule has 2 nitrogen and oxygen atoms in total. The monoisotopic (exact) mass is 684 g/mol. The molecule has 1 aromatic rings. The van der Waals surface area contributed by atoms with Crippen molar-refractivity contribution in [2.45, 2.75) is 152 Å². The molecule has 1 aliphatic carbocycles. The van der Waals surface area contributed by atoms with E-state index in [0.29, 0.717) is 28.0 Å². The first-order chi connectivity index (χ1) is 23.4. The van der Waals surface area contributed by atoms with Crippen LogP contribution in [0.15, 0.2) is 93.0 Å². The highest BCUT2D eigenvalue weighted by Crippen LogP contribution is 2.33. The fourth-order valence-corrected chi connectivity index (χ4v) is 7.24. The molecule has 1 unspecified atom stereocenters. The summed E-state index contributed by atoms with van der Waals surface area (Å²) in [6.07, 6.45) is 31.1. The fourth-order valence-electron chi connectivity index (χ4n) is 6.53. The average Bonchev–Trinajstić information content (AvgIpc) is 3.05. The van der Waals surface area contributed by atoms with E-state index in [4.69, 9.17) is 0 Å². The van der Waals surface area contributed by atoms with Crippen LogP contribution in [0.4, 0.5) is 0 Å². The molecule has 1 aliphatic rings. The second-order valence-corrected chi connectivity index (χ2v) is 16.0. The summed E-state index contributed by atoms with van der Waals surface area (Å²) in [4.78, 5) is 26.7. The minimum Gasteiger partial charge on any atom is -0.289 e. The topological polar surface area (TPSA) is 34.1 Å². The molecule has 0 amide bonds. The number of allylic oxidation sites excluding steroid dienone is 12. The lowest BCUT2D eigenvalue weighted by atomic mass is 9.87. The van der Waals surface area contributed by atoms with E-state index in [-0.39, 0.29) is 11.6 Å². The van der Waals surface area contributed by atoms with E-state index in [1.54, 1.807) is 17.7 Å². The number of fused-ring (bicyclic) bond motifs is 1. The van der Waals surface area contributed by atoms with Gasteiger partial charge in [0, 0.05) is 16.7 Å². The van der Waals surface area contributed by atoms with Crippen LogP contribution in [0.1, 0.15) is 172 Å². The Balaban J connectivity index is 1.65. The largest absolute Gasteiger partial charge is 0.289 e. The van der Waals surface area contributed by atoms with Crippen LogP contribution >= 0.6 is 11.8 Å². The predicted octanol–water partition coefficient (Wildman–Crippen LogP) is 14.6. The molecule has 0 radical (unpaired) electrons. The molecule has 0 heterocycles. The highest BCUT2D eigenvalue weighted by atomic mass is 32.2. The van der Waals surface area contributed by atoms with Gasteiger partial charge in [0.15, 0.2) is 5.78 Å². The van der Waals surface area contributed by atoms with Crippen molar-refractivity contribution < 1.29 is 9.59 Å². The molecule has 0 bridgehead atoms. The Morgan fingerprint density at radius 3 is 1.49 bits per heavy atom. The lowest BCUT2D eigenvalue weighted by Crippen LogP contribution is -2.20. The second kappa shape index (κ2) is 23.7. The molecule has 3 heteroatoms. The minimum atomic E-state index is -0.0229. The van der Waals surface area contributed by atoms with Gasteiger partial charge in [-0.15, -0.1) is 11.8 Å². The summed E-state index contributed by atoms with van der Waals surface area (Å²) in [6.45, 7) is 18.3. The first kappa shape index (κ1) is 42.5. The Morgan fingerprint density at radius 2 is 1.02 bits per heavy atom. The number of rotatable bonds is 23. The van der Waals surface area contributed by atoms with Crippen molar-refractivity contribution in [1.82, 2.24) is 0 Å². The van der Waals surface area contributed by atoms with Gasteiger partial charge >= 0.3 is 0 Å². The van der Waals surface area contributed by atoms with Crippen molar-refractivity contribution in [3.63, 3.8) is 0 Å². The van der Waals surface area contributed by atoms with Crippen molar-refractivity contribution in [2.75, 3.05) is 6.26 Å². The zero-order chi connectivity index (χ0) is 36.2. The summed E-state index contributed by atoms with van der Waals surface area (Å²) in [6, 6.07) is 7.18. The van der Waals surface area contributed by atoms with E-state index >= 15 is 0 Å². The lowest BCUT2D eigenvalue weighted by molar-refractivity contribution is 0.0980. The molecule has 0 N–H and O–H groups in total. The third-order valence-electron chi connectivity index (χ3n) is 9.90. The number of carbonyl (C=O) groups is 2. The van der Waals surface area contributed by atoms with Crippen molar-refractivity contribution >= 4 is 23.3 Å². The lowest BCUT2D eigenvalue weighted by Gasteiger charge is -2.19. The first-order valence-electron chi connectivity index (χ1n) is 19.2. The number of thioether (sulfide) groups is 1. The summed E-state index contributed by atoms with van der Waals surface area (Å²) in [7, 11) is 0. The van der Waals surface area contributed by atoms with Crippen molar-refractivity contribution in [2.24, 2.45) is 11.8 Å². The third-order valence-corrected chi connectivity index (χ3v) is 10.7. The van der Waals surface area contributed by atoms with Gasteiger partial charge in [-0.2, -0.15) is 0 Å². The zero-order valence-electron chi connectivity index (χ0n) is 32.7. The standard InChI is InChI=1S/C46H68O2S/c1-34(2)18-12-19-35(3)20-13-21-36(4)22-14-23-37(5)24-15-25-38(6)26-16-27-39(7)28-17-29-40(8)32-33-43-44(47)41-30-10-11-31-42(41)45(48)46(43)49-9/h10-11,22,24,26,28,30-32,34-35H,12-21,23,25,27,29,33H2,1-9H3. The van der Waals surface area contributed by atoms with Gasteiger partial charge in [-0.05, 0) is 123 Å². The fraction of sp³-hybridized carbons (Fsp3) is 0.565. The number of Topliss-reactive ketones (excluding diaryl/α,β-unsaturated/α-hetero) is 2. The highest BCUT2D eigenvalue weighted by Gasteiger charge is 2.30. The van der Waals surface area contributed by atoms with Crippen LogP contribution in [0.25, 0.3) is 0 Å². The summed E-state index contributed by atoms with van der Waals surface area (Å²) >= 11 is 1.39. The average molecular weight is 685 g/mol. The van der Waals surface area contributed by atoms with E-state index in [2.05, 4.69) is 85.8 Å². The minimum absolute atomic E-state index is 0.00880. The van der Waals surface area contributed by atoms with E-state index in [9.17, 15) is 9.59 Å². The summed E-state index contributed by atoms with van der Waals surface area (Å²) < 4.78 is 0. The Bertz CT molecular complexity index is 1390. The number of hydrogen-bond donors (Lipinski definition) is 0. The van der Waals surface area contributed by atoms with E-state index in [1.165, 1.54) is 85.4 Å². The van der Waals surface area contributed by atoms with Crippen molar-refractivity contribution in [1.29, 1.82) is 0 Å². The van der Waals surface area contributed by atoms with Crippen LogP contribution in [0, 0.1) is 11.8 Å². The van der Waals surface area contributed by atoms with E-state index in [1.807, 2.05) is 18.4 Å². The third kappa shape index (κ3) is 16.7. The summed E-state index contributed by atoms with van der Waals surface area (Å²) in [5, 5.41) is 0. The SMILES string of the molecule is CSC1=C(CC=C(C)CCC=C(C)CCC=C(C)CCC=C(C)CCC=C(C)CCCC(C)CCCC(C)C)C(=O)c2ccccc2C1=O. The van der Waals surface area contributed by atoms with Gasteiger partial charge < -0.3 is 0 Å². The molecule has 0 aliphatic heterocycles. The number of ketones is 2. The number of carbonyl (C=O) groups excluding carboxylic acids is 2. The van der Waals surface area contributed by atoms with E-state index < -0.39 is 0 Å². The maximum absolute atomic E-state index is 13.1. The molecule has 0 spiro atoms. The van der Waals surface area contributed by atoms with Crippen molar-refractivity contribution in [3.05, 3.63) is 104 Å². The van der Waals surface area contributed by atoms with Crippen LogP contribution in [0.2, 0.25) is 0 Å². The highest BCUT2D eigenvalue weighted by molar-refractivity contribution is 8.03. The summed E-state index contributed by atoms with van der Waals surface area (Å²) in [5.74, 6) is 1.67. The van der Waals surface area contributed by atoms with Gasteiger partial charge in [0.2, 0.25) is 5.78 Å². The van der Waals surface area contributed by atoms with Crippen molar-refractivity contribution in [3.8, 4) is 0 Å². The maximum atomic E-state index is 13.1. The van der Waals surface area contributed by atoms with Gasteiger partial charge in [-0.3, -0.25) is 9.59 Å². The predicted molar refractivity (Wildman–Crippen MR) is 218 cm³/mol. The molecule has 1 aromatic carbocycles. The normalized spacial score (nSPS) is 15.8. The van der Waals surface area contributed by atoms with Crippen LogP contribution < -0.4 is 0 Å². The first-order valence-corrected chi connectivity index (χ1v) is 20.4. The molecule has 2 rings (SSSR count). The Hall–Kier alpha value is -2.65. The quantitative estimate of drug-likeness (QED) is 0.108. The molecule has 49 heavy (non-hydrogen) atoms. The van der Waals surface area contributed by atoms with Gasteiger partial charge in [0.1, 0.15) is 0 Å². The molecule has 1 atom stereocenters. The van der Waals surface area contributed by atoms with Crippen LogP contribution in [0.3, 0.4) is 0 Å². The van der Waals surface area contributed by atoms with E-state index in [0.717, 1.165) is 50.4 Å². The molecular weight excluding hydrogens is 617 g/mol.